The number of nitrogens with one attached hydrogen (secondary N) is 2. The van der Waals surface area contributed by atoms with Gasteiger partial charge >= 0.3 is 0 Å². The number of hydrogen-bond donors (Lipinski definition) is 2. The number of likely N-dealkylation sites (N-methyl/N-ethyl adjacent to an activating group) is 1. The molecule has 0 bridgehead atoms. The number of aromatic nitrogens is 3. The second-order valence-electron chi connectivity index (χ2n) is 12.5. The van der Waals surface area contributed by atoms with E-state index in [0.29, 0.717) is 17.5 Å². The van der Waals surface area contributed by atoms with E-state index in [4.69, 9.17) is 16.3 Å². The molecule has 2 aliphatic heterocycles. The normalized spacial score (nSPS) is 17.3. The monoisotopic (exact) mass is 690 g/mol. The van der Waals surface area contributed by atoms with Crippen molar-refractivity contribution in [2.24, 2.45) is 0 Å². The van der Waals surface area contributed by atoms with E-state index in [9.17, 15) is 13.0 Å². The number of piperazine rings is 1. The Bertz CT molecular complexity index is 1700. The summed E-state index contributed by atoms with van der Waals surface area (Å²) in [5.41, 5.74) is 2.17. The van der Waals surface area contributed by atoms with E-state index in [1.807, 2.05) is 12.1 Å². The fourth-order valence-corrected chi connectivity index (χ4v) is 7.76. The molecule has 46 heavy (non-hydrogen) atoms. The molecule has 5 rings (SSSR count). The van der Waals surface area contributed by atoms with Crippen LogP contribution >= 0.6 is 18.7 Å². The Morgan fingerprint density at radius 2 is 1.65 bits per heavy atom. The van der Waals surface area contributed by atoms with Crippen molar-refractivity contribution < 1.29 is 17.7 Å². The van der Waals surface area contributed by atoms with Crippen molar-refractivity contribution in [1.29, 1.82) is 0 Å². The third-order valence-electron chi connectivity index (χ3n) is 8.60. The van der Waals surface area contributed by atoms with Gasteiger partial charge in [-0.1, -0.05) is 11.6 Å². The highest BCUT2D eigenvalue weighted by molar-refractivity contribution is 7.92. The first kappa shape index (κ1) is 34.4. The largest absolute Gasteiger partial charge is 0.494 e. The Morgan fingerprint density at radius 1 is 0.978 bits per heavy atom. The average molecular weight is 691 g/mol. The highest BCUT2D eigenvalue weighted by atomic mass is 35.5. The molecule has 0 radical (unpaired) electrons. The predicted octanol–water partition coefficient (Wildman–Crippen LogP) is 4.67. The molecule has 2 fully saturated rings. The van der Waals surface area contributed by atoms with Crippen LogP contribution in [-0.4, -0.2) is 111 Å². The Kier molecular flexibility index (Phi) is 10.5. The number of benzene rings is 1. The summed E-state index contributed by atoms with van der Waals surface area (Å²) >= 11 is 6.45. The van der Waals surface area contributed by atoms with Gasteiger partial charge in [-0.15, -0.1) is 0 Å². The van der Waals surface area contributed by atoms with Gasteiger partial charge in [0.25, 0.3) is 0 Å². The zero-order valence-corrected chi connectivity index (χ0v) is 29.8. The number of anilines is 5. The number of sulfone groups is 1. The molecule has 0 saturated carbocycles. The lowest BCUT2D eigenvalue weighted by Gasteiger charge is -2.42. The topological polar surface area (TPSA) is 133 Å². The number of halogens is 1. The fourth-order valence-electron chi connectivity index (χ4n) is 5.69. The number of pyridine rings is 1. The molecule has 250 valence electrons. The van der Waals surface area contributed by atoms with Gasteiger partial charge in [-0.05, 0) is 71.3 Å². The summed E-state index contributed by atoms with van der Waals surface area (Å²) < 4.78 is 44.9. The average Bonchev–Trinajstić information content (AvgIpc) is 3.03. The van der Waals surface area contributed by atoms with Crippen LogP contribution in [0.1, 0.15) is 26.7 Å². The minimum Gasteiger partial charge on any atom is -0.494 e. The van der Waals surface area contributed by atoms with E-state index in [-0.39, 0.29) is 32.9 Å². The van der Waals surface area contributed by atoms with Gasteiger partial charge in [-0.25, -0.2) is 18.4 Å². The Labute approximate surface area is 277 Å². The minimum absolute atomic E-state index is 0.177. The minimum atomic E-state index is -3.84. The quantitative estimate of drug-likeness (QED) is 0.287. The summed E-state index contributed by atoms with van der Waals surface area (Å²) in [4.78, 5) is 20.6. The maximum Gasteiger partial charge on any atom is 0.229 e. The first-order valence-corrected chi connectivity index (χ1v) is 20.0. The molecule has 0 unspecified atom stereocenters. The van der Waals surface area contributed by atoms with Gasteiger partial charge in [0.1, 0.15) is 23.3 Å². The summed E-state index contributed by atoms with van der Waals surface area (Å²) in [6.07, 6.45) is 3.69. The molecule has 2 aliphatic rings. The maximum atomic E-state index is 13.2. The Morgan fingerprint density at radius 3 is 2.28 bits per heavy atom. The first-order chi connectivity index (χ1) is 21.8. The van der Waals surface area contributed by atoms with Gasteiger partial charge in [-0.2, -0.15) is 4.98 Å². The second kappa shape index (κ2) is 14.0. The third kappa shape index (κ3) is 7.77. The van der Waals surface area contributed by atoms with Crippen LogP contribution < -0.4 is 25.7 Å². The van der Waals surface area contributed by atoms with Gasteiger partial charge in [0.2, 0.25) is 5.95 Å². The molecule has 2 saturated heterocycles. The van der Waals surface area contributed by atoms with Crippen LogP contribution in [-0.2, 0) is 14.4 Å². The van der Waals surface area contributed by atoms with E-state index in [1.54, 1.807) is 46.4 Å². The van der Waals surface area contributed by atoms with Crippen LogP contribution in [0.15, 0.2) is 41.6 Å². The zero-order chi connectivity index (χ0) is 33.2. The molecule has 2 N–H and O–H groups in total. The highest BCUT2D eigenvalue weighted by Gasteiger charge is 2.29. The van der Waals surface area contributed by atoms with E-state index in [0.717, 1.165) is 57.8 Å². The van der Waals surface area contributed by atoms with E-state index in [2.05, 4.69) is 53.4 Å². The first-order valence-electron chi connectivity index (χ1n) is 15.5. The molecule has 0 amide bonds. The predicted molar refractivity (Wildman–Crippen MR) is 187 cm³/mol. The van der Waals surface area contributed by atoms with Crippen LogP contribution in [0.5, 0.6) is 5.75 Å². The highest BCUT2D eigenvalue weighted by Crippen LogP contribution is 2.37. The van der Waals surface area contributed by atoms with Crippen LogP contribution in [0.25, 0.3) is 0 Å². The number of piperidine rings is 1. The van der Waals surface area contributed by atoms with Crippen molar-refractivity contribution in [1.82, 2.24) is 24.8 Å². The van der Waals surface area contributed by atoms with Gasteiger partial charge in [0, 0.05) is 57.1 Å². The van der Waals surface area contributed by atoms with Gasteiger partial charge in [0.15, 0.2) is 20.7 Å². The third-order valence-corrected chi connectivity index (χ3v) is 12.3. The lowest BCUT2D eigenvalue weighted by molar-refractivity contribution is 0.0982. The van der Waals surface area contributed by atoms with Gasteiger partial charge < -0.3 is 29.7 Å². The number of nitrogens with zero attached hydrogens (tertiary/aromatic N) is 6. The molecule has 3 aromatic rings. The lowest BCUT2D eigenvalue weighted by atomic mass is 10.0. The number of ether oxygens (including phenoxy) is 1. The summed E-state index contributed by atoms with van der Waals surface area (Å²) in [6, 6.07) is 9.75. The number of rotatable bonds is 10. The second-order valence-corrected chi connectivity index (χ2v) is 18.5. The molecule has 0 spiro atoms. The molecule has 15 heteroatoms. The van der Waals surface area contributed by atoms with Crippen molar-refractivity contribution >= 4 is 62.8 Å². The maximum absolute atomic E-state index is 13.2. The SMILES string of the molecule is COc1cc(N2CCC(N3CCN(C)CC3)CC2)ccc1Nc1ncc(Cl)c(Nc2ccc(P(C)(C)=O)nc2S(=O)(=O)C(C)C)n1. The molecular weight excluding hydrogens is 647 g/mol. The number of hydrogen-bond acceptors (Lipinski definition) is 12. The lowest BCUT2D eigenvalue weighted by Crippen LogP contribution is -2.52. The molecule has 0 aliphatic carbocycles. The number of methoxy groups -OCH3 is 1. The summed E-state index contributed by atoms with van der Waals surface area (Å²) in [6.45, 7) is 12.8. The van der Waals surface area contributed by atoms with Gasteiger partial charge in [0.05, 0.1) is 29.9 Å². The van der Waals surface area contributed by atoms with Crippen LogP contribution in [0, 0.1) is 0 Å². The Hall–Kier alpha value is -2.96. The van der Waals surface area contributed by atoms with Crippen molar-refractivity contribution in [3.8, 4) is 5.75 Å². The molecule has 12 nitrogen and oxygen atoms in total. The van der Waals surface area contributed by atoms with E-state index < -0.39 is 22.2 Å². The molecular formula is C31H44ClN8O4PS. The smallest absolute Gasteiger partial charge is 0.229 e. The van der Waals surface area contributed by atoms with Crippen molar-refractivity contribution in [3.63, 3.8) is 0 Å². The van der Waals surface area contributed by atoms with Crippen molar-refractivity contribution in [3.05, 3.63) is 41.6 Å². The van der Waals surface area contributed by atoms with Crippen LogP contribution in [0.3, 0.4) is 0 Å². The van der Waals surface area contributed by atoms with Crippen molar-refractivity contribution in [2.75, 3.05) is 82.3 Å². The summed E-state index contributed by atoms with van der Waals surface area (Å²) in [5, 5.41) is 5.45. The van der Waals surface area contributed by atoms with E-state index >= 15 is 0 Å². The van der Waals surface area contributed by atoms with Crippen LogP contribution in [0.4, 0.5) is 28.8 Å². The van der Waals surface area contributed by atoms with Gasteiger partial charge in [-0.3, -0.25) is 4.90 Å². The summed E-state index contributed by atoms with van der Waals surface area (Å²) in [7, 11) is -2.84. The van der Waals surface area contributed by atoms with Crippen molar-refractivity contribution in [2.45, 2.75) is 43.0 Å². The molecule has 0 atom stereocenters. The fraction of sp³-hybridized carbons (Fsp3) is 0.516. The van der Waals surface area contributed by atoms with Crippen LogP contribution in [0.2, 0.25) is 5.02 Å². The Balaban J connectivity index is 1.33. The molecule has 4 heterocycles. The zero-order valence-electron chi connectivity index (χ0n) is 27.3. The molecule has 1 aromatic carbocycles. The standard InChI is InChI=1S/C31H44ClN8O4PS/c1-21(2)46(42,43)30-26(9-10-28(36-30)45(5,6)41)34-29-24(32)20-33-31(37-29)35-25-8-7-23(19-27(25)44-4)39-13-11-22(12-14-39)40-17-15-38(3)16-18-40/h7-10,19-22H,11-18H2,1-6H3,(H2,33,34,35,37). The van der Waals surface area contributed by atoms with E-state index in [1.165, 1.54) is 6.20 Å². The summed E-state index contributed by atoms with van der Waals surface area (Å²) in [5.74, 6) is 1.06. The molecule has 2 aromatic heterocycles.